The third-order valence-electron chi connectivity index (χ3n) is 12.0. The number of alkyl halides is 3. The van der Waals surface area contributed by atoms with Crippen molar-refractivity contribution in [1.82, 2.24) is 0 Å². The molecule has 2 fully saturated rings. The first-order valence-electron chi connectivity index (χ1n) is 21.9. The van der Waals surface area contributed by atoms with Crippen molar-refractivity contribution in [3.63, 3.8) is 0 Å². The fourth-order valence-electron chi connectivity index (χ4n) is 9.06. The van der Waals surface area contributed by atoms with Gasteiger partial charge in [0.2, 0.25) is 0 Å². The quantitative estimate of drug-likeness (QED) is 0.0948. The average molecular weight is 963 g/mol. The molecule has 0 bridgehead atoms. The molecule has 0 aromatic heterocycles. The van der Waals surface area contributed by atoms with E-state index in [1.165, 1.54) is 192 Å². The van der Waals surface area contributed by atoms with E-state index in [0.717, 1.165) is 11.8 Å². The summed E-state index contributed by atoms with van der Waals surface area (Å²) < 4.78 is 32.2. The maximum absolute atomic E-state index is 10.7. The molecule has 8 rings (SSSR count). The van der Waals surface area contributed by atoms with Crippen LogP contribution in [0.2, 0.25) is 0 Å². The van der Waals surface area contributed by atoms with Gasteiger partial charge in [0.25, 0.3) is 0 Å². The van der Waals surface area contributed by atoms with Crippen LogP contribution in [0.3, 0.4) is 0 Å². The molecule has 2 radical (unpaired) electrons. The Morgan fingerprint density at radius 2 is 0.934 bits per heavy atom. The van der Waals surface area contributed by atoms with E-state index in [4.69, 9.17) is 0 Å². The van der Waals surface area contributed by atoms with Gasteiger partial charge >= 0.3 is 36.4 Å². The van der Waals surface area contributed by atoms with Gasteiger partial charge in [0, 0.05) is 0 Å². The van der Waals surface area contributed by atoms with Crippen LogP contribution in [0.15, 0.2) is 109 Å². The Morgan fingerprint density at radius 1 is 0.590 bits per heavy atom. The Morgan fingerprint density at radius 3 is 1.25 bits per heavy atom. The van der Waals surface area contributed by atoms with E-state index in [2.05, 4.69) is 137 Å². The van der Waals surface area contributed by atoms with Gasteiger partial charge < -0.3 is 14.4 Å². The number of hydrogen-bond acceptors (Lipinski definition) is 0. The molecule has 0 N–H and O–H groups in total. The zero-order valence-electron chi connectivity index (χ0n) is 36.7. The maximum atomic E-state index is 10.7. The monoisotopic (exact) mass is 960 g/mol. The molecule has 0 unspecified atom stereocenters. The van der Waals surface area contributed by atoms with Gasteiger partial charge in [-0.15, -0.1) is 93.9 Å². The van der Waals surface area contributed by atoms with Gasteiger partial charge in [-0.25, -0.2) is 0 Å². The third-order valence-corrected chi connectivity index (χ3v) is 12.0. The number of hydrogen-bond donors (Lipinski definition) is 0. The van der Waals surface area contributed by atoms with Crippen LogP contribution in [0.4, 0.5) is 13.2 Å². The molecule has 6 aromatic rings. The van der Waals surface area contributed by atoms with Gasteiger partial charge in [0.05, 0.1) is 0 Å². The molecule has 0 heterocycles. The Labute approximate surface area is 396 Å². The summed E-state index contributed by atoms with van der Waals surface area (Å²) in [6.45, 7) is 10.2. The SMILES string of the molecule is CCCc1ccc(-c2cccc3[cH-]c(CC4CCCCC4)cc23)cc1.CCCc1ccc(-c2cccc3[cH-]c(CC4CCCCC4)cc23)cc1.Cl.Cl.[CH2-]CC(F)(F)F.[CH3-].[Si]=[Zr]. The zero-order chi connectivity index (χ0) is 41.3. The topological polar surface area (TPSA) is 0 Å². The summed E-state index contributed by atoms with van der Waals surface area (Å²) in [6.07, 6.45) is 16.6. The second kappa shape index (κ2) is 28.4. The van der Waals surface area contributed by atoms with Crippen molar-refractivity contribution >= 4 is 53.2 Å². The van der Waals surface area contributed by atoms with E-state index in [1.54, 1.807) is 0 Å². The van der Waals surface area contributed by atoms with E-state index in [1.807, 2.05) is 0 Å². The van der Waals surface area contributed by atoms with Crippen molar-refractivity contribution in [3.05, 3.63) is 146 Å². The van der Waals surface area contributed by atoms with Crippen LogP contribution in [0.5, 0.6) is 0 Å². The molecule has 2 aliphatic carbocycles. The first kappa shape index (κ1) is 54.7. The Hall–Kier alpha value is -2.43. The minimum absolute atomic E-state index is 0. The number of aryl methyl sites for hydroxylation is 2. The first-order valence-corrected chi connectivity index (χ1v) is 26.1. The van der Waals surface area contributed by atoms with Crippen molar-refractivity contribution in [3.8, 4) is 22.3 Å². The van der Waals surface area contributed by atoms with E-state index in [9.17, 15) is 13.2 Å². The second-order valence-electron chi connectivity index (χ2n) is 16.5. The number of benzene rings is 4. The standard InChI is InChI=1S/2C25H29.C3H4F3.CH3.2ClH.Si.Zr/c2*1-2-7-19-12-14-22(15-13-19)24-11-6-10-23-17-21(18-25(23)24)16-20-8-4-3-5-9-20;1-2-3(4,5)6;;;;;/h2*6,10-15,17-18,20H,2-5,7-9,16H2,1H3;1-2H2;1H3;2*1H;;/q4*-1;;;;. The van der Waals surface area contributed by atoms with E-state index >= 15 is 0 Å². The molecule has 0 saturated heterocycles. The molecule has 0 nitrogen and oxygen atoms in total. The summed E-state index contributed by atoms with van der Waals surface area (Å²) in [5, 5.41) is 5.66. The van der Waals surface area contributed by atoms with Crippen LogP contribution < -0.4 is 0 Å². The fourth-order valence-corrected chi connectivity index (χ4v) is 9.06. The van der Waals surface area contributed by atoms with Crippen molar-refractivity contribution in [1.29, 1.82) is 0 Å². The fraction of sp³-hybridized carbons (Fsp3) is 0.407. The van der Waals surface area contributed by atoms with Crippen LogP contribution >= 0.6 is 24.8 Å². The van der Waals surface area contributed by atoms with Crippen molar-refractivity contribution < 1.29 is 36.5 Å². The average Bonchev–Trinajstić information content (AvgIpc) is 3.87. The molecule has 2 aliphatic rings. The Balaban J connectivity index is 0.000000344. The summed E-state index contributed by atoms with van der Waals surface area (Å²) >= 11 is 1.36. The normalized spacial score (nSPS) is 14.1. The van der Waals surface area contributed by atoms with Crippen LogP contribution in [0.25, 0.3) is 43.8 Å². The molecule has 0 aliphatic heterocycles. The third kappa shape index (κ3) is 16.9. The zero-order valence-corrected chi connectivity index (χ0v) is 41.8. The molecule has 61 heavy (non-hydrogen) atoms. The number of halogens is 5. The molecular weight excluding hydrogens is 896 g/mol. The van der Waals surface area contributed by atoms with E-state index in [0.29, 0.717) is 0 Å². The number of fused-ring (bicyclic) bond motifs is 2. The van der Waals surface area contributed by atoms with Gasteiger partial charge in [-0.2, -0.15) is 25.3 Å². The summed E-state index contributed by atoms with van der Waals surface area (Å²) in [5.41, 5.74) is 11.4. The minimum atomic E-state index is -4.07. The first-order chi connectivity index (χ1) is 28.2. The van der Waals surface area contributed by atoms with Crippen LogP contribution in [-0.2, 0) is 49.0 Å². The predicted octanol–water partition coefficient (Wildman–Crippen LogP) is 17.3. The van der Waals surface area contributed by atoms with Gasteiger partial charge in [-0.3, -0.25) is 0 Å². The second-order valence-corrected chi connectivity index (χ2v) is 16.5. The Kier molecular flexibility index (Phi) is 25.5. The van der Waals surface area contributed by atoms with Crippen LogP contribution in [-0.4, -0.2) is 13.1 Å². The van der Waals surface area contributed by atoms with Crippen molar-refractivity contribution in [2.75, 3.05) is 0 Å². The molecular formula is C54H67Cl2F3SiZr-4. The van der Waals surface area contributed by atoms with Crippen LogP contribution in [0, 0.1) is 26.2 Å². The summed E-state index contributed by atoms with van der Waals surface area (Å²) in [7, 11) is 0. The van der Waals surface area contributed by atoms with Gasteiger partial charge in [-0.1, -0.05) is 169 Å². The van der Waals surface area contributed by atoms with E-state index in [-0.39, 0.29) is 32.2 Å². The molecule has 7 heteroatoms. The summed E-state index contributed by atoms with van der Waals surface area (Å²) in [6, 6.07) is 41.7. The Bertz CT molecular complexity index is 1940. The molecule has 0 spiro atoms. The van der Waals surface area contributed by atoms with Gasteiger partial charge in [0.15, 0.2) is 0 Å². The van der Waals surface area contributed by atoms with Gasteiger partial charge in [0.1, 0.15) is 0 Å². The number of rotatable bonds is 10. The predicted molar refractivity (Wildman–Crippen MR) is 261 cm³/mol. The summed E-state index contributed by atoms with van der Waals surface area (Å²) in [4.78, 5) is 0. The van der Waals surface area contributed by atoms with E-state index < -0.39 is 12.6 Å². The molecule has 6 aromatic carbocycles. The molecule has 0 amide bonds. The van der Waals surface area contributed by atoms with Crippen LogP contribution in [0.1, 0.15) is 120 Å². The van der Waals surface area contributed by atoms with Gasteiger partial charge in [-0.05, 0) is 59.8 Å². The van der Waals surface area contributed by atoms with Crippen molar-refractivity contribution in [2.24, 2.45) is 11.8 Å². The summed E-state index contributed by atoms with van der Waals surface area (Å²) in [5.74, 6) is 1.81. The molecule has 330 valence electrons. The molecule has 0 atom stereocenters. The molecule has 2 saturated carbocycles. The van der Waals surface area contributed by atoms with Crippen molar-refractivity contribution in [2.45, 2.75) is 129 Å².